The second kappa shape index (κ2) is 4.21. The van der Waals surface area contributed by atoms with Gasteiger partial charge in [-0.05, 0) is 31.4 Å². The molecule has 0 aliphatic heterocycles. The predicted molar refractivity (Wildman–Crippen MR) is 57.0 cm³/mol. The van der Waals surface area contributed by atoms with Gasteiger partial charge >= 0.3 is 0 Å². The molecule has 14 heavy (non-hydrogen) atoms. The highest BCUT2D eigenvalue weighted by molar-refractivity contribution is 5.38. The highest BCUT2D eigenvalue weighted by Gasteiger charge is 2.18. The van der Waals surface area contributed by atoms with Gasteiger partial charge in [0.15, 0.2) is 0 Å². The Hall–Kier alpha value is -1.40. The first-order valence-electron chi connectivity index (χ1n) is 4.78. The van der Waals surface area contributed by atoms with Crippen LogP contribution >= 0.6 is 0 Å². The topological polar surface area (TPSA) is 29.4 Å². The second-order valence-electron chi connectivity index (χ2n) is 3.82. The maximum absolute atomic E-state index is 10.3. The molecule has 0 saturated carbocycles. The molecule has 74 valence electrons. The molecule has 0 bridgehead atoms. The van der Waals surface area contributed by atoms with Crippen LogP contribution in [-0.4, -0.2) is 6.08 Å². The van der Waals surface area contributed by atoms with Crippen molar-refractivity contribution in [3.63, 3.8) is 0 Å². The zero-order valence-electron chi connectivity index (χ0n) is 8.87. The van der Waals surface area contributed by atoms with E-state index < -0.39 is 5.54 Å². The number of hydrogen-bond donors (Lipinski definition) is 0. The molecule has 0 unspecified atom stereocenters. The Balaban J connectivity index is 3.11. The van der Waals surface area contributed by atoms with Crippen molar-refractivity contribution in [2.75, 3.05) is 0 Å². The zero-order chi connectivity index (χ0) is 10.6. The molecule has 1 rings (SSSR count). The van der Waals surface area contributed by atoms with Crippen molar-refractivity contribution in [2.45, 2.75) is 32.7 Å². The quantitative estimate of drug-likeness (QED) is 0.531. The van der Waals surface area contributed by atoms with Crippen LogP contribution in [0.15, 0.2) is 29.3 Å². The Morgan fingerprint density at radius 3 is 2.71 bits per heavy atom. The van der Waals surface area contributed by atoms with E-state index in [-0.39, 0.29) is 0 Å². The van der Waals surface area contributed by atoms with E-state index in [1.54, 1.807) is 6.08 Å². The molecule has 2 nitrogen and oxygen atoms in total. The molecule has 1 aromatic rings. The lowest BCUT2D eigenvalue weighted by Gasteiger charge is -2.18. The molecule has 2 heteroatoms. The maximum Gasteiger partial charge on any atom is 0.235 e. The van der Waals surface area contributed by atoms with E-state index in [0.717, 1.165) is 12.0 Å². The van der Waals surface area contributed by atoms with Crippen LogP contribution in [-0.2, 0) is 16.8 Å². The minimum absolute atomic E-state index is 0.465. The van der Waals surface area contributed by atoms with Crippen molar-refractivity contribution in [1.29, 1.82) is 0 Å². The normalized spacial score (nSPS) is 10.8. The number of aryl methyl sites for hydroxylation is 1. The van der Waals surface area contributed by atoms with Gasteiger partial charge in [0.1, 0.15) is 0 Å². The summed E-state index contributed by atoms with van der Waals surface area (Å²) < 4.78 is 0. The molecule has 0 aliphatic rings. The summed E-state index contributed by atoms with van der Waals surface area (Å²) in [5.74, 6) is 0. The van der Waals surface area contributed by atoms with Crippen molar-refractivity contribution < 1.29 is 4.79 Å². The van der Waals surface area contributed by atoms with Crippen molar-refractivity contribution in [2.24, 2.45) is 4.99 Å². The molecule has 0 fully saturated rings. The van der Waals surface area contributed by atoms with E-state index in [1.165, 1.54) is 5.56 Å². The zero-order valence-corrected chi connectivity index (χ0v) is 8.87. The summed E-state index contributed by atoms with van der Waals surface area (Å²) in [6.07, 6.45) is 2.61. The monoisotopic (exact) mass is 189 g/mol. The molecule has 1 aromatic carbocycles. The molecule has 0 N–H and O–H groups in total. The maximum atomic E-state index is 10.3. The van der Waals surface area contributed by atoms with Crippen molar-refractivity contribution in [3.8, 4) is 0 Å². The van der Waals surface area contributed by atoms with Gasteiger partial charge in [0.2, 0.25) is 6.08 Å². The van der Waals surface area contributed by atoms with E-state index in [2.05, 4.69) is 24.0 Å². The third-order valence-electron chi connectivity index (χ3n) is 2.37. The lowest BCUT2D eigenvalue weighted by Crippen LogP contribution is -2.13. The predicted octanol–water partition coefficient (Wildman–Crippen LogP) is 2.82. The van der Waals surface area contributed by atoms with E-state index >= 15 is 0 Å². The summed E-state index contributed by atoms with van der Waals surface area (Å²) in [7, 11) is 0. The average molecular weight is 189 g/mol. The van der Waals surface area contributed by atoms with E-state index in [1.807, 2.05) is 26.0 Å². The van der Waals surface area contributed by atoms with Gasteiger partial charge < -0.3 is 0 Å². The van der Waals surface area contributed by atoms with Gasteiger partial charge in [0.05, 0.1) is 5.54 Å². The van der Waals surface area contributed by atoms with Gasteiger partial charge in [-0.15, -0.1) is 0 Å². The van der Waals surface area contributed by atoms with Crippen LogP contribution in [0.2, 0.25) is 0 Å². The van der Waals surface area contributed by atoms with Gasteiger partial charge in [0, 0.05) is 0 Å². The summed E-state index contributed by atoms with van der Waals surface area (Å²) in [5, 5.41) is 0. The van der Waals surface area contributed by atoms with Gasteiger partial charge in [-0.25, -0.2) is 4.79 Å². The summed E-state index contributed by atoms with van der Waals surface area (Å²) in [6.45, 7) is 5.93. The summed E-state index contributed by atoms with van der Waals surface area (Å²) >= 11 is 0. The van der Waals surface area contributed by atoms with Crippen molar-refractivity contribution >= 4 is 6.08 Å². The van der Waals surface area contributed by atoms with Gasteiger partial charge in [0.25, 0.3) is 0 Å². The molecule has 0 atom stereocenters. The number of rotatable bonds is 3. The van der Waals surface area contributed by atoms with Crippen LogP contribution in [0.3, 0.4) is 0 Å². The average Bonchev–Trinajstić information content (AvgIpc) is 2.18. The fourth-order valence-corrected chi connectivity index (χ4v) is 1.35. The van der Waals surface area contributed by atoms with Crippen LogP contribution in [0, 0.1) is 0 Å². The van der Waals surface area contributed by atoms with E-state index in [4.69, 9.17) is 0 Å². The summed E-state index contributed by atoms with van der Waals surface area (Å²) in [5.41, 5.74) is 1.85. The highest BCUT2D eigenvalue weighted by Crippen LogP contribution is 2.24. The summed E-state index contributed by atoms with van der Waals surface area (Å²) in [6, 6.07) is 8.14. The van der Waals surface area contributed by atoms with E-state index in [9.17, 15) is 4.79 Å². The lowest BCUT2D eigenvalue weighted by atomic mass is 9.93. The third-order valence-corrected chi connectivity index (χ3v) is 2.37. The fraction of sp³-hybridized carbons (Fsp3) is 0.417. The fourth-order valence-electron chi connectivity index (χ4n) is 1.35. The highest BCUT2D eigenvalue weighted by atomic mass is 16.1. The first-order chi connectivity index (χ1) is 6.60. The molecular formula is C12H15NO. The minimum Gasteiger partial charge on any atom is -0.211 e. The Bertz CT molecular complexity index is 362. The number of carbonyl (C=O) groups excluding carboxylic acids is 1. The van der Waals surface area contributed by atoms with Crippen LogP contribution in [0.1, 0.15) is 31.9 Å². The Morgan fingerprint density at radius 1 is 1.43 bits per heavy atom. The molecular weight excluding hydrogens is 174 g/mol. The van der Waals surface area contributed by atoms with Gasteiger partial charge in [-0.2, -0.15) is 4.99 Å². The lowest BCUT2D eigenvalue weighted by molar-refractivity contribution is 0.522. The Labute approximate surface area is 84.7 Å². The number of hydrogen-bond acceptors (Lipinski definition) is 2. The Kier molecular flexibility index (Phi) is 3.21. The summed E-state index contributed by atoms with van der Waals surface area (Å²) in [4.78, 5) is 14.1. The van der Waals surface area contributed by atoms with Gasteiger partial charge in [-0.1, -0.05) is 31.2 Å². The smallest absolute Gasteiger partial charge is 0.211 e. The molecule has 0 radical (unpaired) electrons. The van der Waals surface area contributed by atoms with Crippen LogP contribution in [0.4, 0.5) is 0 Å². The standard InChI is InChI=1S/C12H15NO/c1-4-10-6-5-7-11(8-10)12(2,3)13-9-14/h5-8H,4H2,1-3H3. The third kappa shape index (κ3) is 2.30. The van der Waals surface area contributed by atoms with Crippen molar-refractivity contribution in [1.82, 2.24) is 0 Å². The largest absolute Gasteiger partial charge is 0.235 e. The van der Waals surface area contributed by atoms with Crippen LogP contribution < -0.4 is 0 Å². The van der Waals surface area contributed by atoms with Crippen LogP contribution in [0.25, 0.3) is 0 Å². The first-order valence-corrected chi connectivity index (χ1v) is 4.78. The number of isocyanates is 1. The molecule has 0 saturated heterocycles. The van der Waals surface area contributed by atoms with E-state index in [0.29, 0.717) is 0 Å². The van der Waals surface area contributed by atoms with Crippen LogP contribution in [0.5, 0.6) is 0 Å². The number of aliphatic imine (C=N–C) groups is 1. The molecule has 0 spiro atoms. The minimum atomic E-state index is -0.465. The molecule has 0 amide bonds. The molecule has 0 aliphatic carbocycles. The number of nitrogens with zero attached hydrogens (tertiary/aromatic N) is 1. The van der Waals surface area contributed by atoms with Crippen molar-refractivity contribution in [3.05, 3.63) is 35.4 Å². The molecule has 0 aromatic heterocycles. The number of benzene rings is 1. The van der Waals surface area contributed by atoms with Gasteiger partial charge in [-0.3, -0.25) is 0 Å². The first kappa shape index (κ1) is 10.7. The second-order valence-corrected chi connectivity index (χ2v) is 3.82. The SMILES string of the molecule is CCc1cccc(C(C)(C)N=C=O)c1. The Morgan fingerprint density at radius 2 is 2.14 bits per heavy atom. The molecule has 0 heterocycles.